The summed E-state index contributed by atoms with van der Waals surface area (Å²) in [6.45, 7) is 8.80. The lowest BCUT2D eigenvalue weighted by Gasteiger charge is -2.30. The van der Waals surface area contributed by atoms with Gasteiger partial charge in [0, 0.05) is 49.5 Å². The van der Waals surface area contributed by atoms with E-state index in [9.17, 15) is 45.2 Å². The van der Waals surface area contributed by atoms with Crippen molar-refractivity contribution < 1.29 is 54.6 Å². The zero-order valence-electron chi connectivity index (χ0n) is 38.3. The molecule has 2 fully saturated rings. The third-order valence-electron chi connectivity index (χ3n) is 12.2. The number of ether oxygens (including phenoxy) is 2. The molecule has 2 N–H and O–H groups in total. The maximum atomic E-state index is 14.8. The maximum absolute atomic E-state index is 14.8. The Morgan fingerprint density at radius 3 is 2.48 bits per heavy atom. The van der Waals surface area contributed by atoms with Gasteiger partial charge in [0.25, 0.3) is 6.01 Å². The molecular weight excluding hydrogens is 919 g/mol. The van der Waals surface area contributed by atoms with Gasteiger partial charge in [0.2, 0.25) is 11.8 Å². The van der Waals surface area contributed by atoms with E-state index >= 15 is 0 Å². The molecule has 21 heteroatoms. The Kier molecular flexibility index (Phi) is 14.0. The average Bonchev–Trinajstić information content (AvgIpc) is 3.57. The number of carbonyl (C=O) groups excluding carboxylic acids is 4. The number of halogens is 4. The van der Waals surface area contributed by atoms with Crippen LogP contribution in [0.3, 0.4) is 0 Å². The van der Waals surface area contributed by atoms with Crippen molar-refractivity contribution in [3.05, 3.63) is 65.3 Å². The number of Topliss-reactive ketones (excluding diaryl/α,β-unsaturated/α-hetero) is 1. The number of thiazole rings is 1. The van der Waals surface area contributed by atoms with Crippen molar-refractivity contribution in [3.8, 4) is 27.8 Å². The number of carbonyl (C=O) groups is 4. The number of imidazole rings is 1. The number of alkyl halides is 3. The second-order valence-corrected chi connectivity index (χ2v) is 21.6. The fraction of sp³-hybridized carbons (Fsp3) is 0.522. The molecule has 0 radical (unpaired) electrons. The van der Waals surface area contributed by atoms with Crippen molar-refractivity contribution in [2.75, 3.05) is 20.6 Å². The van der Waals surface area contributed by atoms with E-state index in [1.807, 2.05) is 36.6 Å². The predicted octanol–water partition coefficient (Wildman–Crippen LogP) is 8.22. The molecule has 1 saturated heterocycles. The summed E-state index contributed by atoms with van der Waals surface area (Å²) in [5.41, 5.74) is -1.75. The first-order valence-corrected chi connectivity index (χ1v) is 24.4. The van der Waals surface area contributed by atoms with Gasteiger partial charge in [-0.15, -0.1) is 11.3 Å². The van der Waals surface area contributed by atoms with Crippen molar-refractivity contribution in [2.24, 2.45) is 11.3 Å². The number of aromatic nitrogens is 3. The van der Waals surface area contributed by atoms with Crippen molar-refractivity contribution in [1.82, 2.24) is 33.8 Å². The number of allylic oxidation sites excluding steroid dienone is 2. The van der Waals surface area contributed by atoms with Crippen LogP contribution in [0.4, 0.5) is 22.4 Å². The maximum Gasteiger partial charge on any atom is 0.419 e. The molecule has 5 atom stereocenters. The lowest BCUT2D eigenvalue weighted by Crippen LogP contribution is -2.53. The number of amides is 3. The molecule has 67 heavy (non-hydrogen) atoms. The summed E-state index contributed by atoms with van der Waals surface area (Å²) in [4.78, 5) is 67.4. The van der Waals surface area contributed by atoms with E-state index in [2.05, 4.69) is 15.0 Å². The van der Waals surface area contributed by atoms with Crippen LogP contribution in [0.15, 0.2) is 53.9 Å². The summed E-state index contributed by atoms with van der Waals surface area (Å²) in [6.07, 6.45) is -0.0439. The SMILES string of the molecule is CC(C)n1c(O[C@@H]2C[C@H]3C(=O)C[C@]4(C(=O)NS(=O)(=O)N(C)C)C[C@H]4/C=C\CCCCC[C@H](NC(=O)OC(C)(C)C)C(=O)N3C2)nc2c(-c3nc(-c4ccc(F)c(C(F)(F)F)c4)cs3)cccc21. The molecule has 0 spiro atoms. The highest BCUT2D eigenvalue weighted by Crippen LogP contribution is 2.57. The van der Waals surface area contributed by atoms with Crippen LogP contribution >= 0.6 is 11.3 Å². The van der Waals surface area contributed by atoms with Crippen LogP contribution in [0, 0.1) is 17.2 Å². The first kappa shape index (κ1) is 49.5. The Balaban J connectivity index is 1.23. The fourth-order valence-electron chi connectivity index (χ4n) is 8.69. The molecule has 7 rings (SSSR count). The number of benzene rings is 2. The van der Waals surface area contributed by atoms with E-state index < -0.39 is 86.6 Å². The van der Waals surface area contributed by atoms with Crippen molar-refractivity contribution >= 4 is 56.3 Å². The van der Waals surface area contributed by atoms with Gasteiger partial charge >= 0.3 is 22.5 Å². The van der Waals surface area contributed by atoms with E-state index in [0.717, 1.165) is 22.9 Å². The van der Waals surface area contributed by atoms with Crippen molar-refractivity contribution in [3.63, 3.8) is 0 Å². The normalized spacial score (nSPS) is 23.6. The number of nitrogens with one attached hydrogen (secondary N) is 2. The zero-order chi connectivity index (χ0) is 48.8. The zero-order valence-corrected chi connectivity index (χ0v) is 39.9. The lowest BCUT2D eigenvalue weighted by atomic mass is 9.91. The largest absolute Gasteiger partial charge is 0.459 e. The van der Waals surface area contributed by atoms with Gasteiger partial charge in [-0.05, 0) is 96.6 Å². The summed E-state index contributed by atoms with van der Waals surface area (Å²) in [7, 11) is -1.65. The van der Waals surface area contributed by atoms with Gasteiger partial charge in [0.05, 0.1) is 34.8 Å². The van der Waals surface area contributed by atoms with Gasteiger partial charge in [-0.1, -0.05) is 31.1 Å². The molecule has 15 nitrogen and oxygen atoms in total. The predicted molar refractivity (Wildman–Crippen MR) is 242 cm³/mol. The summed E-state index contributed by atoms with van der Waals surface area (Å²) >= 11 is 1.17. The van der Waals surface area contributed by atoms with Crippen LogP contribution < -0.4 is 14.8 Å². The number of para-hydroxylation sites is 1. The quantitative estimate of drug-likeness (QED) is 0.123. The standard InChI is InChI=1S/C46H55F4N7O8S2/c1-26(2)57-35-17-13-15-30(39-51-34(25-66-39)27-18-19-32(47)31(20-27)46(48,49)50)38(35)53-42(57)64-29-21-36-37(58)23-45(41(60)54-67(62,63)55(6)7)22-28(45)14-11-9-8-10-12-16-33(40(59)56(36)24-29)52-43(61)65-44(3,4)5/h11,13-15,17-20,25-26,28-29,33,36H,8-10,12,16,21-24H2,1-7H3,(H,52,61)(H,54,60)/b14-11-/t28-,29-,33+,36+,45-/m1/s1. The first-order chi connectivity index (χ1) is 31.4. The third kappa shape index (κ3) is 10.8. The molecule has 4 heterocycles. The number of rotatable bonds is 9. The van der Waals surface area contributed by atoms with E-state index in [1.54, 1.807) is 38.3 Å². The van der Waals surface area contributed by atoms with Crippen LogP contribution in [-0.2, 0) is 35.5 Å². The number of alkyl carbamates (subject to hydrolysis) is 1. The summed E-state index contributed by atoms with van der Waals surface area (Å²) < 4.78 is 97.6. The minimum absolute atomic E-state index is 0.0283. The molecule has 0 unspecified atom stereocenters. The number of ketones is 1. The average molecular weight is 974 g/mol. The Hall–Kier alpha value is -5.41. The Morgan fingerprint density at radius 1 is 1.04 bits per heavy atom. The van der Waals surface area contributed by atoms with Crippen LogP contribution in [0.2, 0.25) is 0 Å². The summed E-state index contributed by atoms with van der Waals surface area (Å²) in [5.74, 6) is -3.68. The molecule has 2 aliphatic heterocycles. The van der Waals surface area contributed by atoms with Crippen LogP contribution in [-0.4, -0.2) is 100 Å². The van der Waals surface area contributed by atoms with E-state index in [-0.39, 0.29) is 55.5 Å². The minimum atomic E-state index is -4.90. The van der Waals surface area contributed by atoms with Gasteiger partial charge in [-0.25, -0.2) is 18.9 Å². The molecule has 2 aromatic heterocycles. The third-order valence-corrected chi connectivity index (χ3v) is 14.5. The smallest absolute Gasteiger partial charge is 0.419 e. The lowest BCUT2D eigenvalue weighted by molar-refractivity contribution is -0.140. The number of nitrogens with zero attached hydrogens (tertiary/aromatic N) is 5. The van der Waals surface area contributed by atoms with Crippen LogP contribution in [0.25, 0.3) is 32.9 Å². The molecule has 3 amide bonds. The van der Waals surface area contributed by atoms with Gasteiger partial charge in [0.15, 0.2) is 5.78 Å². The van der Waals surface area contributed by atoms with E-state index in [4.69, 9.17) is 14.5 Å². The molecule has 1 aliphatic carbocycles. The van der Waals surface area contributed by atoms with Crippen LogP contribution in [0.5, 0.6) is 6.01 Å². The molecule has 0 bridgehead atoms. The highest BCUT2D eigenvalue weighted by Gasteiger charge is 2.61. The molecule has 3 aliphatic rings. The molecule has 1 saturated carbocycles. The molecule has 4 aromatic rings. The summed E-state index contributed by atoms with van der Waals surface area (Å²) in [6, 6.07) is 5.76. The van der Waals surface area contributed by atoms with E-state index in [1.165, 1.54) is 36.4 Å². The number of hydrogen-bond acceptors (Lipinski definition) is 11. The first-order valence-electron chi connectivity index (χ1n) is 22.1. The van der Waals surface area contributed by atoms with Crippen molar-refractivity contribution in [1.29, 1.82) is 0 Å². The van der Waals surface area contributed by atoms with Gasteiger partial charge < -0.3 is 19.7 Å². The topological polar surface area (TPSA) is 182 Å². The highest BCUT2D eigenvalue weighted by molar-refractivity contribution is 7.87. The van der Waals surface area contributed by atoms with Crippen LogP contribution in [0.1, 0.15) is 97.6 Å². The van der Waals surface area contributed by atoms with Crippen molar-refractivity contribution in [2.45, 2.75) is 122 Å². The number of hydrogen-bond donors (Lipinski definition) is 2. The van der Waals surface area contributed by atoms with Gasteiger partial charge in [-0.3, -0.25) is 19.0 Å². The summed E-state index contributed by atoms with van der Waals surface area (Å²) in [5, 5.41) is 4.73. The van der Waals surface area contributed by atoms with Gasteiger partial charge in [0.1, 0.15) is 34.1 Å². The monoisotopic (exact) mass is 973 g/mol. The van der Waals surface area contributed by atoms with Gasteiger partial charge in [-0.2, -0.15) is 30.9 Å². The van der Waals surface area contributed by atoms with E-state index in [0.29, 0.717) is 40.9 Å². The Bertz CT molecular complexity index is 2690. The number of fused-ring (bicyclic) bond motifs is 3. The molecular formula is C46H55F4N7O8S2. The Morgan fingerprint density at radius 2 is 1.79 bits per heavy atom. The molecule has 362 valence electrons. The highest BCUT2D eigenvalue weighted by atomic mass is 32.2. The fourth-order valence-corrected chi connectivity index (χ4v) is 10.2. The Labute approximate surface area is 390 Å². The second kappa shape index (κ2) is 18.9. The minimum Gasteiger partial charge on any atom is -0.459 e. The second-order valence-electron chi connectivity index (χ2n) is 18.8. The molecule has 2 aromatic carbocycles.